The molecule has 13 heavy (non-hydrogen) atoms. The summed E-state index contributed by atoms with van der Waals surface area (Å²) >= 11 is 1.61. The van der Waals surface area contributed by atoms with Crippen LogP contribution >= 0.6 is 11.3 Å². The highest BCUT2D eigenvalue weighted by molar-refractivity contribution is 7.13. The van der Waals surface area contributed by atoms with E-state index in [4.69, 9.17) is 5.73 Å². The number of H-pyrrole nitrogens is 1. The topological polar surface area (TPSA) is 58.9 Å². The first-order chi connectivity index (χ1) is 6.27. The van der Waals surface area contributed by atoms with Crippen molar-refractivity contribution in [1.82, 2.24) is 4.98 Å². The van der Waals surface area contributed by atoms with Gasteiger partial charge in [0.2, 0.25) is 0 Å². The summed E-state index contributed by atoms with van der Waals surface area (Å²) in [6.45, 7) is 0. The van der Waals surface area contributed by atoms with Gasteiger partial charge in [-0.05, 0) is 17.5 Å². The summed E-state index contributed by atoms with van der Waals surface area (Å²) in [5.41, 5.74) is 6.46. The van der Waals surface area contributed by atoms with Crippen molar-refractivity contribution in [2.75, 3.05) is 5.73 Å². The van der Waals surface area contributed by atoms with Gasteiger partial charge in [0.15, 0.2) is 0 Å². The fourth-order valence-electron chi connectivity index (χ4n) is 1.09. The lowest BCUT2D eigenvalue weighted by Gasteiger charge is -1.97. The van der Waals surface area contributed by atoms with Gasteiger partial charge in [0.05, 0.1) is 5.69 Å². The van der Waals surface area contributed by atoms with E-state index in [1.54, 1.807) is 23.6 Å². The second-order valence-electron chi connectivity index (χ2n) is 2.65. The molecule has 0 amide bonds. The third kappa shape index (κ3) is 1.48. The Hall–Kier alpha value is -1.55. The van der Waals surface area contributed by atoms with Gasteiger partial charge in [-0.25, -0.2) is 0 Å². The normalized spacial score (nSPS) is 10.2. The summed E-state index contributed by atoms with van der Waals surface area (Å²) in [5.74, 6) is 0. The zero-order valence-electron chi connectivity index (χ0n) is 6.78. The fraction of sp³-hybridized carbons (Fsp3) is 0. The maximum Gasteiger partial charge on any atom is 0.271 e. The van der Waals surface area contributed by atoms with E-state index in [0.717, 1.165) is 10.4 Å². The molecule has 0 unspecified atom stereocenters. The molecule has 3 nitrogen and oxygen atoms in total. The van der Waals surface area contributed by atoms with E-state index in [1.165, 1.54) is 0 Å². The number of hydrogen-bond acceptors (Lipinski definition) is 3. The van der Waals surface area contributed by atoms with Crippen molar-refractivity contribution in [2.45, 2.75) is 0 Å². The lowest BCUT2D eigenvalue weighted by atomic mass is 10.2. The van der Waals surface area contributed by atoms with Gasteiger partial charge in [0.1, 0.15) is 0 Å². The standard InChI is InChI=1S/C9H8N2OS/c10-7-4-6(5-11-9(7)12)8-2-1-3-13-8/h1-5H,10H2,(H,11,12). The smallest absolute Gasteiger partial charge is 0.271 e. The molecule has 4 heteroatoms. The Morgan fingerprint density at radius 2 is 2.31 bits per heavy atom. The Balaban J connectivity index is 2.55. The number of nitrogen functional groups attached to an aromatic ring is 1. The molecule has 0 aliphatic carbocycles. The van der Waals surface area contributed by atoms with E-state index in [0.29, 0.717) is 0 Å². The molecule has 3 N–H and O–H groups in total. The van der Waals surface area contributed by atoms with Crippen LogP contribution < -0.4 is 11.3 Å². The summed E-state index contributed by atoms with van der Waals surface area (Å²) in [6, 6.07) is 5.63. The molecule has 0 aliphatic rings. The van der Waals surface area contributed by atoms with Crippen LogP contribution in [0.2, 0.25) is 0 Å². The number of aromatic amines is 1. The van der Waals surface area contributed by atoms with Crippen LogP contribution in [0.5, 0.6) is 0 Å². The van der Waals surface area contributed by atoms with Crippen LogP contribution in [0.3, 0.4) is 0 Å². The number of hydrogen-bond donors (Lipinski definition) is 2. The van der Waals surface area contributed by atoms with Gasteiger partial charge in [-0.3, -0.25) is 4.79 Å². The molecule has 0 aliphatic heterocycles. The summed E-state index contributed by atoms with van der Waals surface area (Å²) in [7, 11) is 0. The van der Waals surface area contributed by atoms with Crippen molar-refractivity contribution in [3.05, 3.63) is 40.1 Å². The van der Waals surface area contributed by atoms with E-state index < -0.39 is 0 Å². The second-order valence-corrected chi connectivity index (χ2v) is 3.60. The average Bonchev–Trinajstić information content (AvgIpc) is 2.62. The quantitative estimate of drug-likeness (QED) is 0.722. The molecular weight excluding hydrogens is 184 g/mol. The van der Waals surface area contributed by atoms with Crippen molar-refractivity contribution >= 4 is 17.0 Å². The van der Waals surface area contributed by atoms with Gasteiger partial charge in [0.25, 0.3) is 5.56 Å². The number of thiophene rings is 1. The maximum atomic E-state index is 11.0. The number of pyridine rings is 1. The largest absolute Gasteiger partial charge is 0.394 e. The maximum absolute atomic E-state index is 11.0. The van der Waals surface area contributed by atoms with E-state index >= 15 is 0 Å². The lowest BCUT2D eigenvalue weighted by Crippen LogP contribution is -2.10. The molecule has 0 bridgehead atoms. The van der Waals surface area contributed by atoms with Gasteiger partial charge >= 0.3 is 0 Å². The number of nitrogens with two attached hydrogens (primary N) is 1. The van der Waals surface area contributed by atoms with Crippen LogP contribution in [0.1, 0.15) is 0 Å². The van der Waals surface area contributed by atoms with E-state index in [2.05, 4.69) is 4.98 Å². The zero-order chi connectivity index (χ0) is 9.26. The van der Waals surface area contributed by atoms with Crippen LogP contribution in [0.25, 0.3) is 10.4 Å². The zero-order valence-corrected chi connectivity index (χ0v) is 7.60. The summed E-state index contributed by atoms with van der Waals surface area (Å²) in [5, 5.41) is 1.98. The first-order valence-electron chi connectivity index (χ1n) is 3.79. The molecule has 66 valence electrons. The predicted molar refractivity (Wildman–Crippen MR) is 54.8 cm³/mol. The first kappa shape index (κ1) is 8.07. The van der Waals surface area contributed by atoms with Crippen LogP contribution in [0, 0.1) is 0 Å². The molecule has 2 heterocycles. The first-order valence-corrected chi connectivity index (χ1v) is 4.67. The van der Waals surface area contributed by atoms with Gasteiger partial charge in [0, 0.05) is 16.6 Å². The Labute approximate surface area is 78.8 Å². The van der Waals surface area contributed by atoms with Gasteiger partial charge in [-0.2, -0.15) is 0 Å². The average molecular weight is 192 g/mol. The van der Waals surface area contributed by atoms with Crippen LogP contribution in [0.4, 0.5) is 5.69 Å². The molecule has 2 rings (SSSR count). The summed E-state index contributed by atoms with van der Waals surface area (Å²) in [4.78, 5) is 14.6. The Bertz CT molecular complexity index is 459. The third-order valence-electron chi connectivity index (χ3n) is 1.74. The second kappa shape index (κ2) is 3.06. The molecule has 0 aromatic carbocycles. The highest BCUT2D eigenvalue weighted by atomic mass is 32.1. The molecule has 0 saturated heterocycles. The van der Waals surface area contributed by atoms with Crippen LogP contribution in [-0.4, -0.2) is 4.98 Å². The summed E-state index contributed by atoms with van der Waals surface area (Å²) < 4.78 is 0. The van der Waals surface area contributed by atoms with Crippen LogP contribution in [0.15, 0.2) is 34.6 Å². The molecule has 0 atom stereocenters. The molecule has 0 radical (unpaired) electrons. The minimum absolute atomic E-state index is 0.236. The minimum Gasteiger partial charge on any atom is -0.394 e. The molecule has 0 saturated carbocycles. The van der Waals surface area contributed by atoms with E-state index in [1.807, 2.05) is 17.5 Å². The van der Waals surface area contributed by atoms with Crippen molar-refractivity contribution in [1.29, 1.82) is 0 Å². The van der Waals surface area contributed by atoms with Crippen molar-refractivity contribution in [3.63, 3.8) is 0 Å². The number of aromatic nitrogens is 1. The monoisotopic (exact) mass is 192 g/mol. The molecule has 0 spiro atoms. The fourth-order valence-corrected chi connectivity index (χ4v) is 1.80. The highest BCUT2D eigenvalue weighted by Crippen LogP contribution is 2.23. The molecule has 2 aromatic rings. The molecular formula is C9H8N2OS. The number of nitrogens with one attached hydrogen (secondary N) is 1. The number of rotatable bonds is 1. The SMILES string of the molecule is Nc1cc(-c2cccs2)c[nH]c1=O. The minimum atomic E-state index is -0.236. The predicted octanol–water partition coefficient (Wildman–Crippen LogP) is 1.69. The summed E-state index contributed by atoms with van der Waals surface area (Å²) in [6.07, 6.45) is 1.67. The molecule has 0 fully saturated rings. The van der Waals surface area contributed by atoms with Gasteiger partial charge in [-0.1, -0.05) is 6.07 Å². The lowest BCUT2D eigenvalue weighted by molar-refractivity contribution is 1.25. The third-order valence-corrected chi connectivity index (χ3v) is 2.66. The van der Waals surface area contributed by atoms with Crippen molar-refractivity contribution in [3.8, 4) is 10.4 Å². The molecule has 2 aromatic heterocycles. The Morgan fingerprint density at radius 3 is 2.92 bits per heavy atom. The van der Waals surface area contributed by atoms with Crippen molar-refractivity contribution in [2.24, 2.45) is 0 Å². The Kier molecular flexibility index (Phi) is 1.90. The highest BCUT2D eigenvalue weighted by Gasteiger charge is 2.00. The van der Waals surface area contributed by atoms with Gasteiger partial charge in [-0.15, -0.1) is 11.3 Å². The van der Waals surface area contributed by atoms with Gasteiger partial charge < -0.3 is 10.7 Å². The van der Waals surface area contributed by atoms with E-state index in [-0.39, 0.29) is 11.2 Å². The number of anilines is 1. The Morgan fingerprint density at radius 1 is 1.46 bits per heavy atom. The van der Waals surface area contributed by atoms with E-state index in [9.17, 15) is 4.79 Å². The van der Waals surface area contributed by atoms with Crippen LogP contribution in [-0.2, 0) is 0 Å². The van der Waals surface area contributed by atoms with Crippen molar-refractivity contribution < 1.29 is 0 Å².